The summed E-state index contributed by atoms with van der Waals surface area (Å²) < 4.78 is 6.25. The quantitative estimate of drug-likeness (QED) is 0.637. The van der Waals surface area contributed by atoms with Crippen LogP contribution < -0.4 is 4.74 Å². The molecule has 2 amide bonds. The second-order valence-electron chi connectivity index (χ2n) is 9.33. The number of ether oxygens (including phenoxy) is 1. The molecule has 1 aliphatic rings. The van der Waals surface area contributed by atoms with Crippen molar-refractivity contribution in [2.45, 2.75) is 26.0 Å². The van der Waals surface area contributed by atoms with Crippen molar-refractivity contribution in [2.75, 3.05) is 47.4 Å². The highest BCUT2D eigenvalue weighted by molar-refractivity contribution is 5.97. The van der Waals surface area contributed by atoms with E-state index in [0.29, 0.717) is 30.8 Å². The Morgan fingerprint density at radius 1 is 1.23 bits per heavy atom. The molecule has 0 saturated heterocycles. The number of aliphatic hydroxyl groups is 1. The lowest BCUT2D eigenvalue weighted by atomic mass is 10.00. The van der Waals surface area contributed by atoms with Gasteiger partial charge >= 0.3 is 0 Å². The van der Waals surface area contributed by atoms with E-state index in [0.717, 1.165) is 5.56 Å². The van der Waals surface area contributed by atoms with Gasteiger partial charge in [-0.3, -0.25) is 9.59 Å². The summed E-state index contributed by atoms with van der Waals surface area (Å²) in [5.74, 6) is 5.97. The predicted octanol–water partition coefficient (Wildman–Crippen LogP) is 1.72. The van der Waals surface area contributed by atoms with Gasteiger partial charge in [0, 0.05) is 36.8 Å². The van der Waals surface area contributed by atoms with Crippen LogP contribution in [0.15, 0.2) is 42.6 Å². The molecule has 35 heavy (non-hydrogen) atoms. The van der Waals surface area contributed by atoms with Gasteiger partial charge in [0.1, 0.15) is 11.7 Å². The fraction of sp³-hybridized carbons (Fsp3) is 0.444. The van der Waals surface area contributed by atoms with Gasteiger partial charge in [0.25, 0.3) is 5.91 Å². The fourth-order valence-electron chi connectivity index (χ4n) is 3.82. The molecule has 1 aromatic carbocycles. The molecule has 0 saturated carbocycles. The Kier molecular flexibility index (Phi) is 8.85. The number of hydrogen-bond donors (Lipinski definition) is 1. The van der Waals surface area contributed by atoms with Crippen LogP contribution in [-0.4, -0.2) is 96.1 Å². The Morgan fingerprint density at radius 2 is 1.91 bits per heavy atom. The third kappa shape index (κ3) is 6.81. The molecule has 3 atom stereocenters. The minimum atomic E-state index is -0.389. The summed E-state index contributed by atoms with van der Waals surface area (Å²) in [4.78, 5) is 35.6. The standard InChI is InChI=1S/C27H34N4O4/c1-19-15-31(20(2)18-32)27(34)23-13-22(12-11-21-9-7-6-8-10-21)14-28-26(23)35-24(19)16-30(5)25(33)17-29(3)4/h6-10,13-14,19-20,24,32H,15-18H2,1-5H3/t19-,20+,24+/m0/s1. The topological polar surface area (TPSA) is 86.2 Å². The van der Waals surface area contributed by atoms with E-state index < -0.39 is 0 Å². The molecule has 0 unspecified atom stereocenters. The zero-order chi connectivity index (χ0) is 25.5. The molecule has 8 heteroatoms. The van der Waals surface area contributed by atoms with Crippen molar-refractivity contribution in [3.63, 3.8) is 0 Å². The number of nitrogens with zero attached hydrogens (tertiary/aromatic N) is 4. The van der Waals surface area contributed by atoms with Crippen LogP contribution >= 0.6 is 0 Å². The van der Waals surface area contributed by atoms with E-state index in [1.165, 1.54) is 0 Å². The molecule has 0 fully saturated rings. The van der Waals surface area contributed by atoms with Gasteiger partial charge in [-0.15, -0.1) is 0 Å². The first-order chi connectivity index (χ1) is 16.7. The minimum absolute atomic E-state index is 0.0239. The lowest BCUT2D eigenvalue weighted by Gasteiger charge is -2.37. The molecule has 2 aromatic rings. The van der Waals surface area contributed by atoms with Gasteiger partial charge < -0.3 is 24.5 Å². The molecule has 2 heterocycles. The van der Waals surface area contributed by atoms with Crippen LogP contribution in [0.2, 0.25) is 0 Å². The number of likely N-dealkylation sites (N-methyl/N-ethyl adjacent to an activating group) is 2. The Hall–Kier alpha value is -3.41. The van der Waals surface area contributed by atoms with Crippen LogP contribution in [0.25, 0.3) is 0 Å². The largest absolute Gasteiger partial charge is 0.472 e. The molecule has 1 aromatic heterocycles. The first kappa shape index (κ1) is 26.2. The number of pyridine rings is 1. The molecule has 3 rings (SSSR count). The third-order valence-electron chi connectivity index (χ3n) is 5.98. The molecule has 0 spiro atoms. The van der Waals surface area contributed by atoms with Crippen molar-refractivity contribution < 1.29 is 19.4 Å². The summed E-state index contributed by atoms with van der Waals surface area (Å²) >= 11 is 0. The van der Waals surface area contributed by atoms with Gasteiger partial charge in [-0.2, -0.15) is 0 Å². The van der Waals surface area contributed by atoms with E-state index in [1.807, 2.05) is 56.3 Å². The van der Waals surface area contributed by atoms with E-state index >= 15 is 0 Å². The van der Waals surface area contributed by atoms with Crippen LogP contribution in [0.5, 0.6) is 5.88 Å². The molecule has 1 N–H and O–H groups in total. The van der Waals surface area contributed by atoms with Crippen LogP contribution in [0, 0.1) is 17.8 Å². The van der Waals surface area contributed by atoms with E-state index in [-0.39, 0.29) is 42.4 Å². The van der Waals surface area contributed by atoms with Crippen LogP contribution in [0.1, 0.15) is 35.3 Å². The van der Waals surface area contributed by atoms with Crippen molar-refractivity contribution in [3.8, 4) is 17.7 Å². The van der Waals surface area contributed by atoms with Gasteiger partial charge in [0.15, 0.2) is 0 Å². The monoisotopic (exact) mass is 478 g/mol. The smallest absolute Gasteiger partial charge is 0.259 e. The fourth-order valence-corrected chi connectivity index (χ4v) is 3.82. The predicted molar refractivity (Wildman–Crippen MR) is 134 cm³/mol. The number of rotatable bonds is 6. The zero-order valence-electron chi connectivity index (χ0n) is 21.1. The average Bonchev–Trinajstić information content (AvgIpc) is 2.84. The molecule has 0 radical (unpaired) electrons. The third-order valence-corrected chi connectivity index (χ3v) is 5.98. The summed E-state index contributed by atoms with van der Waals surface area (Å²) in [7, 11) is 5.44. The van der Waals surface area contributed by atoms with Crippen LogP contribution in [-0.2, 0) is 4.79 Å². The maximum absolute atomic E-state index is 13.5. The normalized spacial score (nSPS) is 18.5. The van der Waals surface area contributed by atoms with E-state index in [2.05, 4.69) is 16.8 Å². The number of aliphatic hydroxyl groups excluding tert-OH is 1. The number of benzene rings is 1. The maximum Gasteiger partial charge on any atom is 0.259 e. The van der Waals surface area contributed by atoms with Gasteiger partial charge in [-0.05, 0) is 39.2 Å². The Bertz CT molecular complexity index is 1090. The summed E-state index contributed by atoms with van der Waals surface area (Å²) in [6.45, 7) is 4.63. The Labute approximate surface area is 207 Å². The highest BCUT2D eigenvalue weighted by Crippen LogP contribution is 2.27. The van der Waals surface area contributed by atoms with Gasteiger partial charge in [0.2, 0.25) is 11.8 Å². The Balaban J connectivity index is 1.95. The van der Waals surface area contributed by atoms with E-state index in [1.54, 1.807) is 36.0 Å². The molecule has 8 nitrogen and oxygen atoms in total. The lowest BCUT2D eigenvalue weighted by Crippen LogP contribution is -2.51. The summed E-state index contributed by atoms with van der Waals surface area (Å²) in [6.07, 6.45) is 1.20. The summed E-state index contributed by atoms with van der Waals surface area (Å²) in [5, 5.41) is 9.81. The SMILES string of the molecule is C[C@H](CO)N1C[C@H](C)[C@@H](CN(C)C(=O)CN(C)C)Oc2ncc(C#Cc3ccccc3)cc2C1=O. The molecule has 0 bridgehead atoms. The molecule has 186 valence electrons. The number of fused-ring (bicyclic) bond motifs is 1. The lowest BCUT2D eigenvalue weighted by molar-refractivity contribution is -0.132. The molecule has 1 aliphatic heterocycles. The molecular weight excluding hydrogens is 444 g/mol. The van der Waals surface area contributed by atoms with E-state index in [4.69, 9.17) is 4.74 Å². The average molecular weight is 479 g/mol. The Morgan fingerprint density at radius 3 is 2.57 bits per heavy atom. The van der Waals surface area contributed by atoms with Crippen LogP contribution in [0.4, 0.5) is 0 Å². The maximum atomic E-state index is 13.5. The second kappa shape index (κ2) is 11.8. The van der Waals surface area contributed by atoms with Crippen LogP contribution in [0.3, 0.4) is 0 Å². The van der Waals surface area contributed by atoms with Crippen molar-refractivity contribution in [2.24, 2.45) is 5.92 Å². The highest BCUT2D eigenvalue weighted by Gasteiger charge is 2.34. The minimum Gasteiger partial charge on any atom is -0.472 e. The van der Waals surface area contributed by atoms with Gasteiger partial charge in [-0.1, -0.05) is 37.0 Å². The highest BCUT2D eigenvalue weighted by atomic mass is 16.5. The number of carbonyl (C=O) groups is 2. The van der Waals surface area contributed by atoms with E-state index in [9.17, 15) is 14.7 Å². The molecular formula is C27H34N4O4. The number of hydrogen-bond acceptors (Lipinski definition) is 6. The number of aromatic nitrogens is 1. The summed E-state index contributed by atoms with van der Waals surface area (Å²) in [6, 6.07) is 10.9. The second-order valence-corrected chi connectivity index (χ2v) is 9.33. The first-order valence-electron chi connectivity index (χ1n) is 11.7. The number of carbonyl (C=O) groups excluding carboxylic acids is 2. The van der Waals surface area contributed by atoms with Gasteiger partial charge in [0.05, 0.1) is 25.7 Å². The molecule has 0 aliphatic carbocycles. The van der Waals surface area contributed by atoms with Crippen molar-refractivity contribution in [1.29, 1.82) is 0 Å². The van der Waals surface area contributed by atoms with Crippen molar-refractivity contribution >= 4 is 11.8 Å². The van der Waals surface area contributed by atoms with Crippen molar-refractivity contribution in [3.05, 3.63) is 59.3 Å². The zero-order valence-corrected chi connectivity index (χ0v) is 21.1. The van der Waals surface area contributed by atoms with Crippen molar-refractivity contribution in [1.82, 2.24) is 19.7 Å². The number of amides is 2. The summed E-state index contributed by atoms with van der Waals surface area (Å²) in [5.41, 5.74) is 1.74. The first-order valence-corrected chi connectivity index (χ1v) is 11.7. The van der Waals surface area contributed by atoms with Gasteiger partial charge in [-0.25, -0.2) is 4.98 Å².